The molecule has 0 saturated carbocycles. The zero-order valence-electron chi connectivity index (χ0n) is 17.6. The van der Waals surface area contributed by atoms with Gasteiger partial charge in [0.15, 0.2) is 17.0 Å². The second kappa shape index (κ2) is 9.22. The molecular formula is C24H24N2O4S. The summed E-state index contributed by atoms with van der Waals surface area (Å²) in [4.78, 5) is 15.4. The van der Waals surface area contributed by atoms with Gasteiger partial charge in [-0.2, -0.15) is 0 Å². The van der Waals surface area contributed by atoms with E-state index in [4.69, 9.17) is 14.2 Å². The number of carbonyl (C=O) groups excluding carboxylic acids is 1. The van der Waals surface area contributed by atoms with Crippen LogP contribution in [0.5, 0.6) is 17.2 Å². The highest BCUT2D eigenvalue weighted by Crippen LogP contribution is 2.40. The predicted octanol–water partition coefficient (Wildman–Crippen LogP) is 5.00. The van der Waals surface area contributed by atoms with Gasteiger partial charge in [-0.1, -0.05) is 30.3 Å². The number of methoxy groups -OCH3 is 3. The standard InChI is InChI=1S/C24H24N2O4S/c1-28-18-11-9-17(10-12-18)26-23(27)19-13-21(29-2)22(30-3)14-20(19)25-24(26)31-15-16-7-5-4-6-8-16/h4-14,24-25H,15H2,1-3H3. The number of fused-ring (bicyclic) bond motifs is 1. The van der Waals surface area contributed by atoms with Crippen LogP contribution in [-0.4, -0.2) is 32.7 Å². The Balaban J connectivity index is 1.72. The first-order chi connectivity index (χ1) is 15.1. The number of benzene rings is 3. The summed E-state index contributed by atoms with van der Waals surface area (Å²) in [6, 6.07) is 21.2. The third-order valence-corrected chi connectivity index (χ3v) is 6.23. The van der Waals surface area contributed by atoms with Gasteiger partial charge >= 0.3 is 0 Å². The fourth-order valence-corrected chi connectivity index (χ4v) is 4.59. The molecule has 1 amide bonds. The third-order valence-electron chi connectivity index (χ3n) is 5.09. The van der Waals surface area contributed by atoms with Crippen molar-refractivity contribution in [3.05, 3.63) is 77.9 Å². The molecule has 0 aromatic heterocycles. The van der Waals surface area contributed by atoms with Gasteiger partial charge in [0.05, 0.1) is 32.6 Å². The minimum absolute atomic E-state index is 0.106. The number of ether oxygens (including phenoxy) is 3. The summed E-state index contributed by atoms with van der Waals surface area (Å²) in [5, 5.41) is 3.50. The van der Waals surface area contributed by atoms with E-state index in [1.165, 1.54) is 5.56 Å². The maximum Gasteiger partial charge on any atom is 0.262 e. The number of anilines is 2. The van der Waals surface area contributed by atoms with Crippen LogP contribution in [0.25, 0.3) is 0 Å². The lowest BCUT2D eigenvalue weighted by Crippen LogP contribution is -2.47. The predicted molar refractivity (Wildman–Crippen MR) is 124 cm³/mol. The van der Waals surface area contributed by atoms with E-state index in [2.05, 4.69) is 17.4 Å². The first-order valence-corrected chi connectivity index (χ1v) is 10.8. The summed E-state index contributed by atoms with van der Waals surface area (Å²) in [6.45, 7) is 0. The number of carbonyl (C=O) groups is 1. The second-order valence-corrected chi connectivity index (χ2v) is 7.99. The van der Waals surface area contributed by atoms with E-state index >= 15 is 0 Å². The SMILES string of the molecule is COc1ccc(N2C(=O)c3cc(OC)c(OC)cc3NC2SCc2ccccc2)cc1. The van der Waals surface area contributed by atoms with Crippen LogP contribution in [0.15, 0.2) is 66.7 Å². The Hall–Kier alpha value is -3.32. The first-order valence-electron chi connectivity index (χ1n) is 9.80. The average Bonchev–Trinajstić information content (AvgIpc) is 2.83. The van der Waals surface area contributed by atoms with Gasteiger partial charge in [0.1, 0.15) is 5.75 Å². The molecule has 1 N–H and O–H groups in total. The minimum Gasteiger partial charge on any atom is -0.497 e. The van der Waals surface area contributed by atoms with Crippen LogP contribution in [0.2, 0.25) is 0 Å². The molecular weight excluding hydrogens is 412 g/mol. The van der Waals surface area contributed by atoms with Crippen molar-refractivity contribution in [3.8, 4) is 17.2 Å². The summed E-state index contributed by atoms with van der Waals surface area (Å²) in [7, 11) is 4.77. The number of hydrogen-bond donors (Lipinski definition) is 1. The van der Waals surface area contributed by atoms with E-state index < -0.39 is 0 Å². The molecule has 1 aliphatic heterocycles. The summed E-state index contributed by atoms with van der Waals surface area (Å²) in [5.41, 5.74) is 2.92. The lowest BCUT2D eigenvalue weighted by molar-refractivity contribution is 0.0982. The van der Waals surface area contributed by atoms with Crippen molar-refractivity contribution in [2.45, 2.75) is 11.3 Å². The molecule has 7 heteroatoms. The number of nitrogens with zero attached hydrogens (tertiary/aromatic N) is 1. The van der Waals surface area contributed by atoms with Crippen molar-refractivity contribution in [1.29, 1.82) is 0 Å². The lowest BCUT2D eigenvalue weighted by atomic mass is 10.1. The molecule has 31 heavy (non-hydrogen) atoms. The molecule has 0 fully saturated rings. The van der Waals surface area contributed by atoms with Gasteiger partial charge < -0.3 is 19.5 Å². The normalized spacial score (nSPS) is 15.1. The van der Waals surface area contributed by atoms with Crippen LogP contribution < -0.4 is 24.4 Å². The number of thioether (sulfide) groups is 1. The van der Waals surface area contributed by atoms with Crippen molar-refractivity contribution in [3.63, 3.8) is 0 Å². The number of amides is 1. The fourth-order valence-electron chi connectivity index (χ4n) is 3.47. The van der Waals surface area contributed by atoms with Crippen molar-refractivity contribution < 1.29 is 19.0 Å². The monoisotopic (exact) mass is 436 g/mol. The molecule has 0 spiro atoms. The highest BCUT2D eigenvalue weighted by molar-refractivity contribution is 7.99. The molecule has 4 rings (SSSR count). The Morgan fingerprint density at radius 3 is 2.23 bits per heavy atom. The topological polar surface area (TPSA) is 60.0 Å². The van der Waals surface area contributed by atoms with E-state index in [1.807, 2.05) is 48.5 Å². The maximum absolute atomic E-state index is 13.6. The number of hydrogen-bond acceptors (Lipinski definition) is 6. The van der Waals surface area contributed by atoms with Crippen LogP contribution in [0, 0.1) is 0 Å². The molecule has 6 nitrogen and oxygen atoms in total. The smallest absolute Gasteiger partial charge is 0.262 e. The van der Waals surface area contributed by atoms with Crippen LogP contribution in [0.4, 0.5) is 11.4 Å². The summed E-state index contributed by atoms with van der Waals surface area (Å²) >= 11 is 1.64. The molecule has 0 saturated heterocycles. The molecule has 1 aliphatic rings. The Kier molecular flexibility index (Phi) is 6.23. The number of nitrogens with one attached hydrogen (secondary N) is 1. The quantitative estimate of drug-likeness (QED) is 0.562. The first kappa shape index (κ1) is 20.9. The molecule has 1 unspecified atom stereocenters. The highest BCUT2D eigenvalue weighted by atomic mass is 32.2. The molecule has 3 aromatic rings. The molecule has 1 heterocycles. The van der Waals surface area contributed by atoms with E-state index in [0.717, 1.165) is 22.9 Å². The van der Waals surface area contributed by atoms with Gasteiger partial charge in [-0.05, 0) is 35.9 Å². The van der Waals surface area contributed by atoms with E-state index in [-0.39, 0.29) is 11.4 Å². The second-order valence-electron chi connectivity index (χ2n) is 6.92. The van der Waals surface area contributed by atoms with Gasteiger partial charge in [0, 0.05) is 17.5 Å². The van der Waals surface area contributed by atoms with E-state index in [0.29, 0.717) is 17.1 Å². The van der Waals surface area contributed by atoms with Gasteiger partial charge in [0.25, 0.3) is 5.91 Å². The van der Waals surface area contributed by atoms with Crippen LogP contribution in [0.3, 0.4) is 0 Å². The van der Waals surface area contributed by atoms with E-state index in [1.54, 1.807) is 44.1 Å². The Morgan fingerprint density at radius 1 is 0.903 bits per heavy atom. The molecule has 3 aromatic carbocycles. The van der Waals surface area contributed by atoms with Gasteiger partial charge in [0.2, 0.25) is 0 Å². The van der Waals surface area contributed by atoms with Crippen molar-refractivity contribution in [1.82, 2.24) is 0 Å². The minimum atomic E-state index is -0.299. The van der Waals surface area contributed by atoms with Crippen LogP contribution in [0.1, 0.15) is 15.9 Å². The summed E-state index contributed by atoms with van der Waals surface area (Å²) in [6.07, 6.45) is 0. The van der Waals surface area contributed by atoms with Crippen LogP contribution >= 0.6 is 11.8 Å². The molecule has 0 aliphatic carbocycles. The largest absolute Gasteiger partial charge is 0.497 e. The highest BCUT2D eigenvalue weighted by Gasteiger charge is 2.34. The molecule has 0 bridgehead atoms. The molecule has 0 radical (unpaired) electrons. The Bertz CT molecular complexity index is 1060. The average molecular weight is 437 g/mol. The fraction of sp³-hybridized carbons (Fsp3) is 0.208. The van der Waals surface area contributed by atoms with Crippen molar-refractivity contribution in [2.24, 2.45) is 0 Å². The van der Waals surface area contributed by atoms with Crippen LogP contribution in [-0.2, 0) is 5.75 Å². The van der Waals surface area contributed by atoms with Crippen molar-refractivity contribution >= 4 is 29.0 Å². The van der Waals surface area contributed by atoms with Gasteiger partial charge in [-0.25, -0.2) is 0 Å². The Morgan fingerprint density at radius 2 is 1.58 bits per heavy atom. The number of rotatable bonds is 7. The lowest BCUT2D eigenvalue weighted by Gasteiger charge is -2.37. The summed E-state index contributed by atoms with van der Waals surface area (Å²) < 4.78 is 16.1. The van der Waals surface area contributed by atoms with E-state index in [9.17, 15) is 4.79 Å². The zero-order chi connectivity index (χ0) is 21.8. The van der Waals surface area contributed by atoms with Crippen molar-refractivity contribution in [2.75, 3.05) is 31.5 Å². The van der Waals surface area contributed by atoms with Gasteiger partial charge in [-0.15, -0.1) is 11.8 Å². The zero-order valence-corrected chi connectivity index (χ0v) is 18.4. The summed E-state index contributed by atoms with van der Waals surface area (Å²) in [5.74, 6) is 2.47. The van der Waals surface area contributed by atoms with Gasteiger partial charge in [-0.3, -0.25) is 9.69 Å². The third kappa shape index (κ3) is 4.27. The molecule has 1 atom stereocenters. The Labute approximate surface area is 186 Å². The molecule has 160 valence electrons. The maximum atomic E-state index is 13.6.